The normalized spacial score (nSPS) is 12.3. The molecule has 164 valence electrons. The van der Waals surface area contributed by atoms with Gasteiger partial charge in [-0.05, 0) is 69.7 Å². The molecule has 0 fully saturated rings. The van der Waals surface area contributed by atoms with E-state index in [1.165, 1.54) is 13.2 Å². The van der Waals surface area contributed by atoms with Crippen molar-refractivity contribution in [2.24, 2.45) is 0 Å². The summed E-state index contributed by atoms with van der Waals surface area (Å²) in [4.78, 5) is 12.3. The fourth-order valence-electron chi connectivity index (χ4n) is 2.91. The van der Waals surface area contributed by atoms with Gasteiger partial charge in [-0.15, -0.1) is 0 Å². The Morgan fingerprint density at radius 2 is 1.73 bits per heavy atom. The number of carbonyl (C=O) groups excluding carboxylic acids is 1. The van der Waals surface area contributed by atoms with Gasteiger partial charge in [-0.1, -0.05) is 13.3 Å². The summed E-state index contributed by atoms with van der Waals surface area (Å²) in [5.41, 5.74) is 0.990. The molecule has 7 nitrogen and oxygen atoms in total. The van der Waals surface area contributed by atoms with Gasteiger partial charge in [-0.25, -0.2) is 13.2 Å². The van der Waals surface area contributed by atoms with E-state index in [0.717, 1.165) is 12.8 Å². The van der Waals surface area contributed by atoms with E-state index in [1.54, 1.807) is 50.2 Å². The highest BCUT2D eigenvalue weighted by molar-refractivity contribution is 7.92. The highest BCUT2D eigenvalue weighted by Gasteiger charge is 2.23. The average molecular weight is 435 g/mol. The maximum atomic E-state index is 13.2. The first-order chi connectivity index (χ1) is 14.2. The summed E-state index contributed by atoms with van der Waals surface area (Å²) in [7, 11) is -2.43. The van der Waals surface area contributed by atoms with Crippen LogP contribution in [0.5, 0.6) is 5.75 Å². The Balaban J connectivity index is 2.43. The molecule has 0 aliphatic carbocycles. The quantitative estimate of drug-likeness (QED) is 0.528. The maximum Gasteiger partial charge on any atom is 0.338 e. The van der Waals surface area contributed by atoms with Crippen LogP contribution in [0.25, 0.3) is 0 Å². The Morgan fingerprint density at radius 3 is 2.30 bits per heavy atom. The highest BCUT2D eigenvalue weighted by atomic mass is 32.2. The van der Waals surface area contributed by atoms with Crippen LogP contribution >= 0.6 is 0 Å². The Morgan fingerprint density at radius 1 is 1.07 bits per heavy atom. The Kier molecular flexibility index (Phi) is 8.11. The van der Waals surface area contributed by atoms with Crippen LogP contribution in [-0.4, -0.2) is 33.6 Å². The lowest BCUT2D eigenvalue weighted by Gasteiger charge is -2.19. The van der Waals surface area contributed by atoms with Gasteiger partial charge in [0, 0.05) is 11.7 Å². The van der Waals surface area contributed by atoms with Crippen molar-refractivity contribution in [2.45, 2.75) is 57.6 Å². The number of sulfonamides is 1. The van der Waals surface area contributed by atoms with Crippen LogP contribution in [0, 0.1) is 0 Å². The molecule has 0 spiro atoms. The summed E-state index contributed by atoms with van der Waals surface area (Å²) in [6.45, 7) is 7.52. The number of benzene rings is 2. The first-order valence-electron chi connectivity index (χ1n) is 9.94. The topological polar surface area (TPSA) is 93.7 Å². The van der Waals surface area contributed by atoms with Crippen LogP contribution in [-0.2, 0) is 14.8 Å². The number of ether oxygens (including phenoxy) is 2. The fourth-order valence-corrected chi connectivity index (χ4v) is 4.17. The number of hydrogen-bond acceptors (Lipinski definition) is 6. The monoisotopic (exact) mass is 434 g/mol. The molecule has 0 amide bonds. The summed E-state index contributed by atoms with van der Waals surface area (Å²) in [6, 6.07) is 11.1. The molecule has 0 bridgehead atoms. The number of hydrogen-bond donors (Lipinski definition) is 2. The van der Waals surface area contributed by atoms with Gasteiger partial charge in [0.05, 0.1) is 24.5 Å². The van der Waals surface area contributed by atoms with Gasteiger partial charge in [0.25, 0.3) is 10.0 Å². The van der Waals surface area contributed by atoms with Crippen LogP contribution in [0.4, 0.5) is 11.4 Å². The van der Waals surface area contributed by atoms with Crippen LogP contribution in [0.3, 0.4) is 0 Å². The van der Waals surface area contributed by atoms with Gasteiger partial charge in [-0.3, -0.25) is 4.72 Å². The van der Waals surface area contributed by atoms with Crippen LogP contribution < -0.4 is 14.8 Å². The van der Waals surface area contributed by atoms with Crippen molar-refractivity contribution >= 4 is 27.4 Å². The first-order valence-corrected chi connectivity index (χ1v) is 11.4. The third kappa shape index (κ3) is 6.38. The summed E-state index contributed by atoms with van der Waals surface area (Å²) in [5, 5.41) is 3.24. The van der Waals surface area contributed by atoms with E-state index in [4.69, 9.17) is 9.47 Å². The largest absolute Gasteiger partial charge is 0.497 e. The van der Waals surface area contributed by atoms with E-state index in [0.29, 0.717) is 17.1 Å². The first kappa shape index (κ1) is 23.5. The lowest BCUT2D eigenvalue weighted by molar-refractivity contribution is 0.0377. The Hall–Kier alpha value is -2.74. The molecule has 0 heterocycles. The summed E-state index contributed by atoms with van der Waals surface area (Å²) in [6.07, 6.45) is 1.53. The van der Waals surface area contributed by atoms with Crippen LogP contribution in [0.2, 0.25) is 0 Å². The lowest BCUT2D eigenvalue weighted by Crippen LogP contribution is -2.21. The maximum absolute atomic E-state index is 13.2. The molecular formula is C22H30N2O5S. The third-order valence-electron chi connectivity index (χ3n) is 4.32. The summed E-state index contributed by atoms with van der Waals surface area (Å²) in [5.74, 6) is 0.0474. The standard InChI is InChI=1S/C22H30N2O5S/c1-6-7-16(4)23-20-13-8-17(22(25)29-15(2)3)14-21(20)30(26,27)24-18-9-11-19(28-5)12-10-18/h8-16,23-24H,6-7H2,1-5H3. The molecular weight excluding hydrogens is 404 g/mol. The zero-order valence-corrected chi connectivity index (χ0v) is 18.9. The molecule has 0 aliphatic rings. The Bertz CT molecular complexity index is 956. The van der Waals surface area contributed by atoms with Crippen LogP contribution in [0.15, 0.2) is 47.4 Å². The van der Waals surface area contributed by atoms with Crippen molar-refractivity contribution in [3.8, 4) is 5.75 Å². The summed E-state index contributed by atoms with van der Waals surface area (Å²) < 4.78 is 39.2. The molecule has 8 heteroatoms. The smallest absolute Gasteiger partial charge is 0.338 e. The molecule has 2 aromatic carbocycles. The van der Waals surface area contributed by atoms with E-state index in [1.807, 2.05) is 6.92 Å². The molecule has 0 saturated carbocycles. The SMILES string of the molecule is CCCC(C)Nc1ccc(C(=O)OC(C)C)cc1S(=O)(=O)Nc1ccc(OC)cc1. The van der Waals surface area contributed by atoms with E-state index in [2.05, 4.69) is 17.0 Å². The second-order valence-corrected chi connectivity index (χ2v) is 8.98. The zero-order valence-electron chi connectivity index (χ0n) is 18.1. The molecule has 2 rings (SSSR count). The van der Waals surface area contributed by atoms with Crippen molar-refractivity contribution in [3.05, 3.63) is 48.0 Å². The number of anilines is 2. The minimum absolute atomic E-state index is 0.0144. The molecule has 0 aliphatic heterocycles. The number of nitrogens with one attached hydrogen (secondary N) is 2. The molecule has 0 saturated heterocycles. The van der Waals surface area contributed by atoms with Gasteiger partial charge in [-0.2, -0.15) is 0 Å². The van der Waals surface area contributed by atoms with Gasteiger partial charge < -0.3 is 14.8 Å². The van der Waals surface area contributed by atoms with E-state index < -0.39 is 16.0 Å². The lowest BCUT2D eigenvalue weighted by atomic mass is 10.1. The molecule has 2 N–H and O–H groups in total. The second-order valence-electron chi connectivity index (χ2n) is 7.33. The van der Waals surface area contributed by atoms with Gasteiger partial charge in [0.15, 0.2) is 0 Å². The Labute approximate surface area is 178 Å². The third-order valence-corrected chi connectivity index (χ3v) is 5.74. The van der Waals surface area contributed by atoms with E-state index >= 15 is 0 Å². The molecule has 0 radical (unpaired) electrons. The zero-order chi connectivity index (χ0) is 22.3. The summed E-state index contributed by atoms with van der Waals surface area (Å²) >= 11 is 0. The number of methoxy groups -OCH3 is 1. The van der Waals surface area contributed by atoms with Crippen molar-refractivity contribution in [2.75, 3.05) is 17.1 Å². The van der Waals surface area contributed by atoms with Crippen molar-refractivity contribution < 1.29 is 22.7 Å². The highest BCUT2D eigenvalue weighted by Crippen LogP contribution is 2.27. The fraction of sp³-hybridized carbons (Fsp3) is 0.409. The molecule has 1 atom stereocenters. The molecule has 0 aromatic heterocycles. The predicted octanol–water partition coefficient (Wildman–Crippen LogP) is 4.66. The molecule has 2 aromatic rings. The minimum atomic E-state index is -3.97. The van der Waals surface area contributed by atoms with Crippen molar-refractivity contribution in [1.82, 2.24) is 0 Å². The average Bonchev–Trinajstić information content (AvgIpc) is 2.68. The number of rotatable bonds is 10. The number of carbonyl (C=O) groups is 1. The van der Waals surface area contributed by atoms with Gasteiger partial charge in [0.2, 0.25) is 0 Å². The van der Waals surface area contributed by atoms with E-state index in [-0.39, 0.29) is 22.6 Å². The van der Waals surface area contributed by atoms with Crippen molar-refractivity contribution in [3.63, 3.8) is 0 Å². The molecule has 30 heavy (non-hydrogen) atoms. The number of esters is 1. The van der Waals surface area contributed by atoms with Gasteiger partial charge >= 0.3 is 5.97 Å². The predicted molar refractivity (Wildman–Crippen MR) is 119 cm³/mol. The minimum Gasteiger partial charge on any atom is -0.497 e. The van der Waals surface area contributed by atoms with E-state index in [9.17, 15) is 13.2 Å². The van der Waals surface area contributed by atoms with Crippen molar-refractivity contribution in [1.29, 1.82) is 0 Å². The van der Waals surface area contributed by atoms with Gasteiger partial charge in [0.1, 0.15) is 10.6 Å². The molecule has 1 unspecified atom stereocenters. The second kappa shape index (κ2) is 10.3. The van der Waals surface area contributed by atoms with Crippen LogP contribution in [0.1, 0.15) is 50.9 Å².